The van der Waals surface area contributed by atoms with E-state index in [0.29, 0.717) is 35.3 Å². The SMILES string of the molecule is CCCCC1CC(CN(C(=O)O)c2cnc(C(C)(C)O)cn2)CCC1(C)C. The second-order valence-corrected chi connectivity index (χ2v) is 9.18. The van der Waals surface area contributed by atoms with E-state index >= 15 is 0 Å². The number of unbranched alkanes of at least 4 members (excludes halogenated alkanes) is 1. The first-order valence-electron chi connectivity index (χ1n) is 10.1. The highest BCUT2D eigenvalue weighted by Gasteiger charge is 2.37. The summed E-state index contributed by atoms with van der Waals surface area (Å²) in [6.45, 7) is 10.6. The average molecular weight is 378 g/mol. The van der Waals surface area contributed by atoms with Crippen LogP contribution >= 0.6 is 0 Å². The monoisotopic (exact) mass is 377 g/mol. The summed E-state index contributed by atoms with van der Waals surface area (Å²) in [5.41, 5.74) is -0.342. The Morgan fingerprint density at radius 2 is 2.04 bits per heavy atom. The summed E-state index contributed by atoms with van der Waals surface area (Å²) in [5.74, 6) is 1.30. The first kappa shape index (κ1) is 21.6. The van der Waals surface area contributed by atoms with E-state index in [1.54, 1.807) is 13.8 Å². The fraction of sp³-hybridized carbons (Fsp3) is 0.762. The third kappa shape index (κ3) is 5.64. The van der Waals surface area contributed by atoms with Crippen LogP contribution in [-0.4, -0.2) is 32.8 Å². The van der Waals surface area contributed by atoms with Crippen molar-refractivity contribution in [2.45, 2.75) is 78.7 Å². The van der Waals surface area contributed by atoms with Gasteiger partial charge in [-0.1, -0.05) is 33.6 Å². The Hall–Kier alpha value is -1.69. The lowest BCUT2D eigenvalue weighted by Gasteiger charge is -2.43. The molecule has 1 aromatic heterocycles. The van der Waals surface area contributed by atoms with Gasteiger partial charge in [-0.25, -0.2) is 9.78 Å². The summed E-state index contributed by atoms with van der Waals surface area (Å²) < 4.78 is 0. The van der Waals surface area contributed by atoms with Crippen LogP contribution in [0.5, 0.6) is 0 Å². The molecular weight excluding hydrogens is 342 g/mol. The number of aromatic nitrogens is 2. The zero-order chi connectivity index (χ0) is 20.2. The van der Waals surface area contributed by atoms with E-state index < -0.39 is 11.7 Å². The van der Waals surface area contributed by atoms with E-state index in [2.05, 4.69) is 30.7 Å². The van der Waals surface area contributed by atoms with Gasteiger partial charge in [-0.05, 0) is 56.8 Å². The molecule has 1 aromatic rings. The van der Waals surface area contributed by atoms with Crippen molar-refractivity contribution in [3.8, 4) is 0 Å². The maximum absolute atomic E-state index is 11.8. The van der Waals surface area contributed by atoms with Crippen LogP contribution in [0.4, 0.5) is 10.6 Å². The molecule has 1 aliphatic carbocycles. The molecule has 1 aliphatic rings. The Bertz CT molecular complexity index is 623. The predicted octanol–water partition coefficient (Wildman–Crippen LogP) is 4.82. The molecule has 0 aromatic carbocycles. The summed E-state index contributed by atoms with van der Waals surface area (Å²) in [6.07, 6.45) is 8.77. The van der Waals surface area contributed by atoms with Gasteiger partial charge in [0.05, 0.1) is 18.1 Å². The van der Waals surface area contributed by atoms with Crippen LogP contribution in [0, 0.1) is 17.3 Å². The topological polar surface area (TPSA) is 86.6 Å². The van der Waals surface area contributed by atoms with Crippen LogP contribution in [0.25, 0.3) is 0 Å². The van der Waals surface area contributed by atoms with Crippen LogP contribution in [0.3, 0.4) is 0 Å². The molecule has 2 atom stereocenters. The number of hydrogen-bond donors (Lipinski definition) is 2. The van der Waals surface area contributed by atoms with Crippen molar-refractivity contribution in [1.82, 2.24) is 9.97 Å². The van der Waals surface area contributed by atoms with Gasteiger partial charge in [-0.2, -0.15) is 0 Å². The highest BCUT2D eigenvalue weighted by Crippen LogP contribution is 2.45. The molecule has 2 N–H and O–H groups in total. The van der Waals surface area contributed by atoms with Gasteiger partial charge in [0, 0.05) is 6.54 Å². The van der Waals surface area contributed by atoms with E-state index in [-0.39, 0.29) is 0 Å². The van der Waals surface area contributed by atoms with Crippen molar-refractivity contribution in [3.63, 3.8) is 0 Å². The lowest BCUT2D eigenvalue weighted by atomic mass is 9.64. The largest absolute Gasteiger partial charge is 0.465 e. The molecule has 0 spiro atoms. The zero-order valence-corrected chi connectivity index (χ0v) is 17.4. The minimum absolute atomic E-state index is 0.324. The smallest absolute Gasteiger partial charge is 0.413 e. The maximum atomic E-state index is 11.8. The van der Waals surface area contributed by atoms with Gasteiger partial charge >= 0.3 is 6.09 Å². The van der Waals surface area contributed by atoms with Crippen molar-refractivity contribution < 1.29 is 15.0 Å². The summed E-state index contributed by atoms with van der Waals surface area (Å²) in [6, 6.07) is 0. The van der Waals surface area contributed by atoms with E-state index in [1.165, 1.54) is 36.6 Å². The molecule has 6 heteroatoms. The molecule has 0 aliphatic heterocycles. The fourth-order valence-electron chi connectivity index (χ4n) is 4.05. The van der Waals surface area contributed by atoms with Gasteiger partial charge in [0.2, 0.25) is 0 Å². The van der Waals surface area contributed by atoms with Crippen molar-refractivity contribution >= 4 is 11.9 Å². The van der Waals surface area contributed by atoms with Crippen molar-refractivity contribution in [1.29, 1.82) is 0 Å². The van der Waals surface area contributed by atoms with Gasteiger partial charge < -0.3 is 10.2 Å². The average Bonchev–Trinajstić information content (AvgIpc) is 2.58. The molecule has 1 heterocycles. The zero-order valence-electron chi connectivity index (χ0n) is 17.4. The van der Waals surface area contributed by atoms with Gasteiger partial charge in [-0.3, -0.25) is 9.88 Å². The molecule has 0 radical (unpaired) electrons. The molecule has 0 bridgehead atoms. The Kier molecular flexibility index (Phi) is 6.84. The van der Waals surface area contributed by atoms with Crippen LogP contribution in [0.2, 0.25) is 0 Å². The molecule has 2 unspecified atom stereocenters. The van der Waals surface area contributed by atoms with Crippen molar-refractivity contribution in [3.05, 3.63) is 18.1 Å². The Morgan fingerprint density at radius 1 is 1.33 bits per heavy atom. The number of anilines is 1. The van der Waals surface area contributed by atoms with E-state index in [4.69, 9.17) is 0 Å². The highest BCUT2D eigenvalue weighted by molar-refractivity contribution is 5.84. The van der Waals surface area contributed by atoms with Crippen LogP contribution in [0.15, 0.2) is 12.4 Å². The summed E-state index contributed by atoms with van der Waals surface area (Å²) in [7, 11) is 0. The Labute approximate surface area is 163 Å². The van der Waals surface area contributed by atoms with E-state index in [0.717, 1.165) is 19.3 Å². The number of carbonyl (C=O) groups is 1. The molecule has 152 valence electrons. The molecule has 1 saturated carbocycles. The third-order valence-electron chi connectivity index (χ3n) is 6.04. The molecular formula is C21H35N3O3. The Balaban J connectivity index is 2.11. The van der Waals surface area contributed by atoms with Crippen molar-refractivity contribution in [2.75, 3.05) is 11.4 Å². The van der Waals surface area contributed by atoms with E-state index in [1.807, 2.05) is 0 Å². The molecule has 0 saturated heterocycles. The Morgan fingerprint density at radius 3 is 2.56 bits per heavy atom. The van der Waals surface area contributed by atoms with Gasteiger partial charge in [0.1, 0.15) is 5.60 Å². The second kappa shape index (κ2) is 8.55. The normalized spacial score (nSPS) is 22.4. The van der Waals surface area contributed by atoms with Crippen LogP contribution in [0.1, 0.15) is 78.8 Å². The highest BCUT2D eigenvalue weighted by atomic mass is 16.4. The molecule has 1 fully saturated rings. The molecule has 1 amide bonds. The van der Waals surface area contributed by atoms with Gasteiger partial charge in [0.25, 0.3) is 0 Å². The van der Waals surface area contributed by atoms with Crippen LogP contribution < -0.4 is 4.90 Å². The number of carboxylic acid groups (broad SMARTS) is 1. The minimum Gasteiger partial charge on any atom is -0.465 e. The quantitative estimate of drug-likeness (QED) is 0.711. The van der Waals surface area contributed by atoms with Gasteiger partial charge in [-0.15, -0.1) is 0 Å². The summed E-state index contributed by atoms with van der Waals surface area (Å²) in [4.78, 5) is 21.6. The van der Waals surface area contributed by atoms with Gasteiger partial charge in [0.15, 0.2) is 5.82 Å². The molecule has 27 heavy (non-hydrogen) atoms. The predicted molar refractivity (Wildman–Crippen MR) is 107 cm³/mol. The maximum Gasteiger partial charge on any atom is 0.413 e. The number of aliphatic hydroxyl groups is 1. The molecule has 6 nitrogen and oxygen atoms in total. The first-order valence-corrected chi connectivity index (χ1v) is 10.1. The summed E-state index contributed by atoms with van der Waals surface area (Å²) in [5, 5.41) is 19.7. The van der Waals surface area contributed by atoms with Crippen LogP contribution in [-0.2, 0) is 5.60 Å². The first-order chi connectivity index (χ1) is 12.5. The second-order valence-electron chi connectivity index (χ2n) is 9.18. The lowest BCUT2D eigenvalue weighted by molar-refractivity contribution is 0.0734. The van der Waals surface area contributed by atoms with Crippen molar-refractivity contribution in [2.24, 2.45) is 17.3 Å². The summed E-state index contributed by atoms with van der Waals surface area (Å²) >= 11 is 0. The number of hydrogen-bond acceptors (Lipinski definition) is 4. The number of rotatable bonds is 7. The fourth-order valence-corrected chi connectivity index (χ4v) is 4.05. The minimum atomic E-state index is -1.10. The lowest BCUT2D eigenvalue weighted by Crippen LogP contribution is -2.40. The van der Waals surface area contributed by atoms with E-state index in [9.17, 15) is 15.0 Å². The molecule has 2 rings (SSSR count). The third-order valence-corrected chi connectivity index (χ3v) is 6.04. The number of amides is 1. The standard InChI is InChI=1S/C21H35N3O3/c1-6-7-8-16-11-15(9-10-20(16,2)3)14-24(19(25)26)18-13-22-17(12-23-18)21(4,5)27/h12-13,15-16,27H,6-11,14H2,1-5H3,(H,25,26). The number of nitrogens with zero attached hydrogens (tertiary/aromatic N) is 3.